The third kappa shape index (κ3) is 10.9. The molecule has 1 radical (unpaired) electrons. The molecule has 4 saturated carbocycles. The first-order valence-corrected chi connectivity index (χ1v) is 20.3. The largest absolute Gasteiger partial charge is 0.0622 e. The Morgan fingerprint density at radius 2 is 0.878 bits per heavy atom. The van der Waals surface area contributed by atoms with E-state index in [4.69, 9.17) is 5.73 Å². The molecule has 0 aromatic heterocycles. The number of benzene rings is 4. The summed E-state index contributed by atoms with van der Waals surface area (Å²) in [6.07, 6.45) is 11.0. The topological polar surface area (TPSA) is 23.8 Å². The van der Waals surface area contributed by atoms with Crippen LogP contribution in [0.15, 0.2) is 138 Å². The first-order chi connectivity index (χ1) is 22.8. The van der Waals surface area contributed by atoms with Crippen molar-refractivity contribution in [2.75, 3.05) is 0 Å². The zero-order chi connectivity index (χ0) is 34.4. The molecule has 0 saturated heterocycles. The molecular formula is C46H56GeNZr. The summed E-state index contributed by atoms with van der Waals surface area (Å²) in [5.74, 6) is 0.560. The SMILES string of the molecule is CC12CC3(C)CC(C)(C1)CC([NH-])(C2)C3.CC1=[C-]C(C)C(C)=C1C.[Zr+2].c1cc[c]([GeH][c]2ccccc2)cc1.c1ccc(-c2ccccc2)cc1. The van der Waals surface area contributed by atoms with E-state index in [1.54, 1.807) is 0 Å². The minimum Gasteiger partial charge on any atom is -0.0622 e. The second kappa shape index (κ2) is 16.8. The molecule has 1 N–H and O–H groups in total. The average Bonchev–Trinajstić information content (AvgIpc) is 3.25. The maximum absolute atomic E-state index is 8.59. The Hall–Kier alpha value is -2.25. The molecule has 4 aromatic carbocycles. The van der Waals surface area contributed by atoms with Crippen LogP contribution in [0.3, 0.4) is 0 Å². The van der Waals surface area contributed by atoms with Crippen LogP contribution >= 0.6 is 0 Å². The molecule has 1 nitrogen and oxygen atoms in total. The Labute approximate surface area is 323 Å². The van der Waals surface area contributed by atoms with Gasteiger partial charge < -0.3 is 5.73 Å². The second-order valence-corrected chi connectivity index (χ2v) is 19.7. The molecule has 0 heterocycles. The van der Waals surface area contributed by atoms with E-state index in [0.29, 0.717) is 22.2 Å². The van der Waals surface area contributed by atoms with Gasteiger partial charge in [0.05, 0.1) is 0 Å². The quantitative estimate of drug-likeness (QED) is 0.146. The molecule has 3 heteroatoms. The molecule has 5 aliphatic rings. The second-order valence-electron chi connectivity index (χ2n) is 16.3. The normalized spacial score (nSPS) is 28.8. The van der Waals surface area contributed by atoms with E-state index in [-0.39, 0.29) is 31.7 Å². The van der Waals surface area contributed by atoms with Crippen LogP contribution in [-0.2, 0) is 26.2 Å². The van der Waals surface area contributed by atoms with Gasteiger partial charge in [0.1, 0.15) is 0 Å². The van der Waals surface area contributed by atoms with Gasteiger partial charge in [0.2, 0.25) is 0 Å². The van der Waals surface area contributed by atoms with Crippen LogP contribution in [0.1, 0.15) is 87.0 Å². The summed E-state index contributed by atoms with van der Waals surface area (Å²) >= 11 is -0.392. The molecule has 49 heavy (non-hydrogen) atoms. The van der Waals surface area contributed by atoms with Crippen molar-refractivity contribution in [3.8, 4) is 11.1 Å². The first kappa shape index (κ1) is 39.5. The number of nitrogens with one attached hydrogen (secondary N) is 1. The molecule has 253 valence electrons. The van der Waals surface area contributed by atoms with Gasteiger partial charge in [-0.2, -0.15) is 11.1 Å². The van der Waals surface area contributed by atoms with Crippen LogP contribution in [0, 0.1) is 28.2 Å². The zero-order valence-electron chi connectivity index (χ0n) is 30.9. The third-order valence-corrected chi connectivity index (χ3v) is 13.9. The van der Waals surface area contributed by atoms with Crippen LogP contribution in [0.2, 0.25) is 0 Å². The van der Waals surface area contributed by atoms with E-state index < -0.39 is 15.4 Å². The fourth-order valence-corrected chi connectivity index (χ4v) is 12.6. The van der Waals surface area contributed by atoms with E-state index in [1.807, 2.05) is 12.1 Å². The van der Waals surface area contributed by atoms with Gasteiger partial charge >= 0.3 is 111 Å². The Balaban J connectivity index is 0.000000148. The van der Waals surface area contributed by atoms with E-state index in [0.717, 1.165) is 0 Å². The van der Waals surface area contributed by atoms with E-state index in [9.17, 15) is 0 Å². The van der Waals surface area contributed by atoms with Crippen molar-refractivity contribution in [1.82, 2.24) is 0 Å². The fraction of sp³-hybridized carbons (Fsp3) is 0.391. The Morgan fingerprint density at radius 3 is 1.12 bits per heavy atom. The molecule has 9 rings (SSSR count). The van der Waals surface area contributed by atoms with Crippen molar-refractivity contribution in [3.05, 3.63) is 150 Å². The molecule has 1 unspecified atom stereocenters. The summed E-state index contributed by atoms with van der Waals surface area (Å²) in [5, 5.41) is 0. The molecule has 4 bridgehead atoms. The van der Waals surface area contributed by atoms with Crippen LogP contribution in [-0.4, -0.2) is 21.0 Å². The Kier molecular flexibility index (Phi) is 13.6. The van der Waals surface area contributed by atoms with Gasteiger partial charge in [-0.3, -0.25) is 6.08 Å². The number of rotatable bonds is 3. The van der Waals surface area contributed by atoms with Crippen LogP contribution in [0.4, 0.5) is 0 Å². The van der Waals surface area contributed by atoms with E-state index in [1.165, 1.54) is 75.2 Å². The number of hydrogen-bond donors (Lipinski definition) is 0. The van der Waals surface area contributed by atoms with Crippen molar-refractivity contribution in [1.29, 1.82) is 0 Å². The molecule has 0 amide bonds. The molecule has 4 fully saturated rings. The average molecular weight is 787 g/mol. The Morgan fingerprint density at radius 1 is 0.551 bits per heavy atom. The van der Waals surface area contributed by atoms with E-state index in [2.05, 4.69) is 164 Å². The summed E-state index contributed by atoms with van der Waals surface area (Å²) in [4.78, 5) is 0. The zero-order valence-corrected chi connectivity index (χ0v) is 35.8. The molecule has 1 atom stereocenters. The van der Waals surface area contributed by atoms with Gasteiger partial charge in [0.25, 0.3) is 0 Å². The molecule has 0 spiro atoms. The maximum atomic E-state index is 8.59. The molecule has 5 aliphatic carbocycles. The van der Waals surface area contributed by atoms with Gasteiger partial charge in [-0.1, -0.05) is 127 Å². The summed E-state index contributed by atoms with van der Waals surface area (Å²) in [6.45, 7) is 16.0. The van der Waals surface area contributed by atoms with Crippen molar-refractivity contribution >= 4 is 24.2 Å². The van der Waals surface area contributed by atoms with Gasteiger partial charge in [-0.25, -0.2) is 5.57 Å². The van der Waals surface area contributed by atoms with Crippen molar-refractivity contribution in [3.63, 3.8) is 0 Å². The standard InChI is InChI=1S/C13H22N.C12H11Ge.C12H10.C9H13.Zr/c1-10-4-11(2)6-12(3,5-10)9-13(14,7-10)8-11;1-3-7-11(8-4-1)13-12-9-5-2-6-10-12;1-3-7-11(8-4-1)12-9-5-2-6-10-12;1-6-5-7(2)9(4)8(6)3;/h14H,4-9H2,1-3H3;1-10,13H;1-10H;6H,1-4H3;/q-1;;;-1;+2. The molecule has 4 aromatic rings. The minimum absolute atomic E-state index is 0. The van der Waals surface area contributed by atoms with E-state index >= 15 is 0 Å². The van der Waals surface area contributed by atoms with Crippen LogP contribution < -0.4 is 8.79 Å². The van der Waals surface area contributed by atoms with Crippen molar-refractivity contribution < 1.29 is 26.2 Å². The van der Waals surface area contributed by atoms with Gasteiger partial charge in [-0.05, 0) is 46.6 Å². The first-order valence-electron chi connectivity index (χ1n) is 17.9. The predicted octanol–water partition coefficient (Wildman–Crippen LogP) is 11.3. The predicted molar refractivity (Wildman–Crippen MR) is 210 cm³/mol. The molecular weight excluding hydrogens is 730 g/mol. The van der Waals surface area contributed by atoms with Crippen molar-refractivity contribution in [2.24, 2.45) is 22.2 Å². The smallest absolute Gasteiger partial charge is 0.0184 e. The maximum Gasteiger partial charge on any atom is -0.0184 e. The Bertz CT molecular complexity index is 1510. The monoisotopic (exact) mass is 786 g/mol. The fourth-order valence-electron chi connectivity index (χ4n) is 10.0. The van der Waals surface area contributed by atoms with Gasteiger partial charge in [-0.15, -0.1) is 12.5 Å². The number of allylic oxidation sites excluding steroid dienone is 4. The number of hydrogen-bond acceptors (Lipinski definition) is 0. The van der Waals surface area contributed by atoms with Crippen molar-refractivity contribution in [2.45, 2.75) is 92.5 Å². The summed E-state index contributed by atoms with van der Waals surface area (Å²) in [7, 11) is 0. The van der Waals surface area contributed by atoms with Gasteiger partial charge in [0, 0.05) is 0 Å². The summed E-state index contributed by atoms with van der Waals surface area (Å²) in [6, 6.07) is 42.3. The summed E-state index contributed by atoms with van der Waals surface area (Å²) in [5.41, 5.74) is 16.8. The van der Waals surface area contributed by atoms with Crippen LogP contribution in [0.5, 0.6) is 0 Å². The minimum atomic E-state index is -0.392. The van der Waals surface area contributed by atoms with Gasteiger partial charge in [0.15, 0.2) is 0 Å². The third-order valence-electron chi connectivity index (χ3n) is 10.9. The molecule has 0 aliphatic heterocycles. The van der Waals surface area contributed by atoms with Crippen LogP contribution in [0.25, 0.3) is 16.9 Å². The summed E-state index contributed by atoms with van der Waals surface area (Å²) < 4.78 is 3.05.